The zero-order valence-electron chi connectivity index (χ0n) is 29.8. The molecule has 1 unspecified atom stereocenters. The molecule has 0 bridgehead atoms. The van der Waals surface area contributed by atoms with Crippen molar-refractivity contribution in [3.63, 3.8) is 0 Å². The SMILES string of the molecule is CCCCCCCCCCCC(=O)OCCOCCOCCOCCOCCOCCOCCOCCOCCOCC(C)CC. The van der Waals surface area contributed by atoms with Gasteiger partial charge in [-0.3, -0.25) is 4.79 Å². The van der Waals surface area contributed by atoms with E-state index in [1.54, 1.807) is 0 Å². The first-order valence-electron chi connectivity index (χ1n) is 18.1. The molecule has 11 nitrogen and oxygen atoms in total. The number of carbonyl (C=O) groups excluding carboxylic acids is 1. The van der Waals surface area contributed by atoms with Gasteiger partial charge in [-0.15, -0.1) is 0 Å². The minimum Gasteiger partial charge on any atom is -0.463 e. The van der Waals surface area contributed by atoms with Crippen LogP contribution in [0.4, 0.5) is 0 Å². The maximum absolute atomic E-state index is 11.8. The number of hydrogen-bond donors (Lipinski definition) is 0. The summed E-state index contributed by atoms with van der Waals surface area (Å²) in [4.78, 5) is 11.8. The summed E-state index contributed by atoms with van der Waals surface area (Å²) in [6, 6.07) is 0. The molecule has 0 radical (unpaired) electrons. The minimum atomic E-state index is -0.133. The van der Waals surface area contributed by atoms with Crippen molar-refractivity contribution in [3.05, 3.63) is 0 Å². The molecule has 0 aromatic carbocycles. The van der Waals surface area contributed by atoms with E-state index < -0.39 is 0 Å². The molecule has 0 fully saturated rings. The van der Waals surface area contributed by atoms with Crippen LogP contribution in [0.15, 0.2) is 0 Å². The van der Waals surface area contributed by atoms with Gasteiger partial charge in [-0.25, -0.2) is 0 Å². The zero-order chi connectivity index (χ0) is 33.4. The Kier molecular flexibility index (Phi) is 39.5. The van der Waals surface area contributed by atoms with Gasteiger partial charge in [-0.1, -0.05) is 78.6 Å². The molecule has 0 spiro atoms. The molecule has 0 heterocycles. The summed E-state index contributed by atoms with van der Waals surface area (Å²) in [7, 11) is 0. The van der Waals surface area contributed by atoms with Gasteiger partial charge in [0.15, 0.2) is 0 Å². The first-order valence-corrected chi connectivity index (χ1v) is 18.1. The molecule has 0 aromatic heterocycles. The fourth-order valence-electron chi connectivity index (χ4n) is 4.03. The number of esters is 1. The summed E-state index contributed by atoms with van der Waals surface area (Å²) >= 11 is 0. The Morgan fingerprint density at radius 1 is 0.413 bits per heavy atom. The van der Waals surface area contributed by atoms with E-state index in [9.17, 15) is 4.79 Å². The van der Waals surface area contributed by atoms with Crippen molar-refractivity contribution in [2.24, 2.45) is 5.92 Å². The van der Waals surface area contributed by atoms with Gasteiger partial charge in [0.25, 0.3) is 0 Å². The van der Waals surface area contributed by atoms with Gasteiger partial charge in [0, 0.05) is 13.0 Å². The standard InChI is InChI=1S/C35H70O11/c1-4-6-7-8-9-10-11-12-13-14-35(36)46-32-31-44-28-27-42-24-23-40-20-19-38-16-15-37-17-18-39-21-22-41-25-26-43-29-30-45-33-34(3)5-2/h34H,4-33H2,1-3H3. The fourth-order valence-corrected chi connectivity index (χ4v) is 4.03. The molecule has 0 N–H and O–H groups in total. The third-order valence-electron chi connectivity index (χ3n) is 7.05. The number of unbranched alkanes of at least 4 members (excludes halogenated alkanes) is 8. The summed E-state index contributed by atoms with van der Waals surface area (Å²) < 4.78 is 54.6. The van der Waals surface area contributed by atoms with Crippen LogP contribution in [0.2, 0.25) is 0 Å². The summed E-state index contributed by atoms with van der Waals surface area (Å²) in [6.45, 7) is 16.5. The van der Waals surface area contributed by atoms with Crippen molar-refractivity contribution in [1.29, 1.82) is 0 Å². The van der Waals surface area contributed by atoms with Gasteiger partial charge in [0.05, 0.1) is 112 Å². The quantitative estimate of drug-likeness (QED) is 0.0598. The van der Waals surface area contributed by atoms with E-state index in [4.69, 9.17) is 47.4 Å². The van der Waals surface area contributed by atoms with E-state index in [0.717, 1.165) is 25.9 Å². The topological polar surface area (TPSA) is 109 Å². The number of rotatable bonds is 40. The highest BCUT2D eigenvalue weighted by molar-refractivity contribution is 5.69. The molecule has 0 aliphatic rings. The second-order valence-electron chi connectivity index (χ2n) is 11.3. The van der Waals surface area contributed by atoms with Crippen LogP contribution >= 0.6 is 0 Å². The molecule has 0 aliphatic heterocycles. The predicted octanol–water partition coefficient (Wildman–Crippen LogP) is 5.65. The number of carbonyl (C=O) groups is 1. The van der Waals surface area contributed by atoms with Crippen LogP contribution in [-0.2, 0) is 52.2 Å². The van der Waals surface area contributed by atoms with E-state index in [0.29, 0.717) is 131 Å². The van der Waals surface area contributed by atoms with Crippen molar-refractivity contribution in [2.45, 2.75) is 91.4 Å². The fraction of sp³-hybridized carbons (Fsp3) is 0.971. The Bertz CT molecular complexity index is 583. The largest absolute Gasteiger partial charge is 0.463 e. The Morgan fingerprint density at radius 2 is 0.717 bits per heavy atom. The van der Waals surface area contributed by atoms with E-state index in [-0.39, 0.29) is 5.97 Å². The van der Waals surface area contributed by atoms with Gasteiger partial charge in [0.2, 0.25) is 0 Å². The molecule has 0 aromatic rings. The van der Waals surface area contributed by atoms with Crippen molar-refractivity contribution in [3.8, 4) is 0 Å². The lowest BCUT2D eigenvalue weighted by atomic mass is 10.1. The Morgan fingerprint density at radius 3 is 1.07 bits per heavy atom. The highest BCUT2D eigenvalue weighted by Crippen LogP contribution is 2.10. The van der Waals surface area contributed by atoms with Crippen molar-refractivity contribution < 1.29 is 52.2 Å². The van der Waals surface area contributed by atoms with Gasteiger partial charge in [-0.2, -0.15) is 0 Å². The number of ether oxygens (including phenoxy) is 10. The van der Waals surface area contributed by atoms with Crippen molar-refractivity contribution in [1.82, 2.24) is 0 Å². The maximum atomic E-state index is 11.8. The normalized spacial score (nSPS) is 12.2. The first kappa shape index (κ1) is 45.1. The third kappa shape index (κ3) is 39.3. The van der Waals surface area contributed by atoms with Crippen LogP contribution in [-0.4, -0.2) is 132 Å². The lowest BCUT2D eigenvalue weighted by Gasteiger charge is -2.10. The highest BCUT2D eigenvalue weighted by atomic mass is 16.6. The van der Waals surface area contributed by atoms with E-state index in [1.165, 1.54) is 44.9 Å². The van der Waals surface area contributed by atoms with Crippen LogP contribution in [0, 0.1) is 5.92 Å². The lowest BCUT2D eigenvalue weighted by Crippen LogP contribution is -2.15. The van der Waals surface area contributed by atoms with Crippen LogP contribution < -0.4 is 0 Å². The van der Waals surface area contributed by atoms with E-state index in [1.807, 2.05) is 0 Å². The van der Waals surface area contributed by atoms with Crippen molar-refractivity contribution >= 4 is 5.97 Å². The lowest BCUT2D eigenvalue weighted by molar-refractivity contribution is -0.145. The maximum Gasteiger partial charge on any atom is 0.305 e. The third-order valence-corrected chi connectivity index (χ3v) is 7.05. The van der Waals surface area contributed by atoms with Gasteiger partial charge >= 0.3 is 5.97 Å². The first-order chi connectivity index (χ1) is 22.7. The second kappa shape index (κ2) is 40.3. The molecule has 0 saturated carbocycles. The van der Waals surface area contributed by atoms with E-state index in [2.05, 4.69) is 20.8 Å². The predicted molar refractivity (Wildman–Crippen MR) is 180 cm³/mol. The summed E-state index contributed by atoms with van der Waals surface area (Å²) in [5, 5.41) is 0. The van der Waals surface area contributed by atoms with Gasteiger partial charge in [-0.05, 0) is 12.3 Å². The molecule has 0 rings (SSSR count). The molecule has 0 aliphatic carbocycles. The van der Waals surface area contributed by atoms with Crippen molar-refractivity contribution in [2.75, 3.05) is 126 Å². The Hall–Kier alpha value is -0.890. The minimum absolute atomic E-state index is 0.133. The molecule has 46 heavy (non-hydrogen) atoms. The molecular formula is C35H70O11. The Balaban J connectivity index is 3.12. The molecule has 276 valence electrons. The van der Waals surface area contributed by atoms with Crippen LogP contribution in [0.3, 0.4) is 0 Å². The van der Waals surface area contributed by atoms with Gasteiger partial charge in [0.1, 0.15) is 6.61 Å². The van der Waals surface area contributed by atoms with Crippen LogP contribution in [0.1, 0.15) is 91.4 Å². The zero-order valence-corrected chi connectivity index (χ0v) is 29.8. The van der Waals surface area contributed by atoms with Gasteiger partial charge < -0.3 is 47.4 Å². The second-order valence-corrected chi connectivity index (χ2v) is 11.3. The summed E-state index contributed by atoms with van der Waals surface area (Å²) in [6.07, 6.45) is 12.8. The average molecular weight is 667 g/mol. The summed E-state index contributed by atoms with van der Waals surface area (Å²) in [5.41, 5.74) is 0. The van der Waals surface area contributed by atoms with E-state index >= 15 is 0 Å². The molecule has 1 atom stereocenters. The highest BCUT2D eigenvalue weighted by Gasteiger charge is 2.03. The molecular weight excluding hydrogens is 596 g/mol. The van der Waals surface area contributed by atoms with Crippen LogP contribution in [0.25, 0.3) is 0 Å². The molecule has 11 heteroatoms. The monoisotopic (exact) mass is 666 g/mol. The smallest absolute Gasteiger partial charge is 0.305 e. The number of hydrogen-bond acceptors (Lipinski definition) is 11. The van der Waals surface area contributed by atoms with Crippen LogP contribution in [0.5, 0.6) is 0 Å². The Labute approximate surface area is 280 Å². The summed E-state index contributed by atoms with van der Waals surface area (Å²) in [5.74, 6) is 0.464. The molecule has 0 saturated heterocycles. The molecule has 0 amide bonds. The average Bonchev–Trinajstić information content (AvgIpc) is 3.06.